The van der Waals surface area contributed by atoms with Gasteiger partial charge in [0.2, 0.25) is 0 Å². The molecule has 4 N–H and O–H groups in total. The van der Waals surface area contributed by atoms with Gasteiger partial charge in [-0.15, -0.1) is 0 Å². The Morgan fingerprint density at radius 1 is 1.28 bits per heavy atom. The highest BCUT2D eigenvalue weighted by molar-refractivity contribution is 7.90. The summed E-state index contributed by atoms with van der Waals surface area (Å²) in [4.78, 5) is 23.3. The summed E-state index contributed by atoms with van der Waals surface area (Å²) in [5.74, 6) is -2.30. The van der Waals surface area contributed by atoms with E-state index < -0.39 is 27.8 Å². The smallest absolute Gasteiger partial charge is 0.326 e. The van der Waals surface area contributed by atoms with Crippen molar-refractivity contribution in [2.45, 2.75) is 12.5 Å². The van der Waals surface area contributed by atoms with Crippen molar-refractivity contribution in [3.63, 3.8) is 0 Å². The van der Waals surface area contributed by atoms with Gasteiger partial charge in [-0.3, -0.25) is 9.89 Å². The van der Waals surface area contributed by atoms with E-state index >= 15 is 0 Å². The number of H-pyrrole nitrogens is 1. The van der Waals surface area contributed by atoms with Gasteiger partial charge >= 0.3 is 5.97 Å². The first-order valence-electron chi connectivity index (χ1n) is 7.22. The summed E-state index contributed by atoms with van der Waals surface area (Å²) in [6, 6.07) is 6.25. The highest BCUT2D eigenvalue weighted by Gasteiger charge is 2.23. The molecule has 0 saturated heterocycles. The van der Waals surface area contributed by atoms with Crippen molar-refractivity contribution in [2.75, 3.05) is 12.0 Å². The predicted octanol–water partition coefficient (Wildman–Crippen LogP) is 0.400. The summed E-state index contributed by atoms with van der Waals surface area (Å²) in [7, 11) is -3.34. The number of carboxylic acids is 1. The minimum absolute atomic E-state index is 0.0358. The van der Waals surface area contributed by atoms with Crippen LogP contribution in [0.15, 0.2) is 30.3 Å². The Labute approximate surface area is 143 Å². The van der Waals surface area contributed by atoms with Gasteiger partial charge in [0.15, 0.2) is 0 Å². The molecule has 0 fully saturated rings. The van der Waals surface area contributed by atoms with E-state index in [0.29, 0.717) is 11.3 Å². The number of aliphatic carboxylic acids is 1. The van der Waals surface area contributed by atoms with E-state index in [1.165, 1.54) is 18.2 Å². The number of amides is 1. The third kappa shape index (κ3) is 5.31. The standard InChI is InChI=1S/C15H17N3O6S/c1-25(23,24)7-6-11(15(21)22)16-14(20)13-8-12(17-18-13)9-2-4-10(19)5-3-9/h2-5,8,11,19H,6-7H2,1H3,(H,16,20)(H,17,18)(H,21,22). The van der Waals surface area contributed by atoms with Crippen LogP contribution >= 0.6 is 0 Å². The molecule has 0 radical (unpaired) electrons. The third-order valence-corrected chi connectivity index (χ3v) is 4.34. The van der Waals surface area contributed by atoms with Crippen molar-refractivity contribution in [2.24, 2.45) is 0 Å². The molecular weight excluding hydrogens is 350 g/mol. The number of benzene rings is 1. The number of carboxylic acid groups (broad SMARTS) is 1. The normalized spacial score (nSPS) is 12.5. The molecule has 0 bridgehead atoms. The summed E-state index contributed by atoms with van der Waals surface area (Å²) in [5, 5.41) is 27.1. The van der Waals surface area contributed by atoms with Gasteiger partial charge in [-0.05, 0) is 36.8 Å². The highest BCUT2D eigenvalue weighted by atomic mass is 32.2. The van der Waals surface area contributed by atoms with Gasteiger partial charge in [-0.1, -0.05) is 0 Å². The monoisotopic (exact) mass is 367 g/mol. The topological polar surface area (TPSA) is 149 Å². The van der Waals surface area contributed by atoms with Gasteiger partial charge in [0.1, 0.15) is 27.3 Å². The zero-order chi connectivity index (χ0) is 18.6. The number of rotatable bonds is 7. The molecule has 0 aliphatic carbocycles. The van der Waals surface area contributed by atoms with E-state index in [0.717, 1.165) is 6.26 Å². The number of hydrogen-bond acceptors (Lipinski definition) is 6. The van der Waals surface area contributed by atoms with Crippen molar-refractivity contribution >= 4 is 21.7 Å². The first kappa shape index (κ1) is 18.5. The second-order valence-electron chi connectivity index (χ2n) is 5.50. The fourth-order valence-corrected chi connectivity index (χ4v) is 2.71. The number of phenolic OH excluding ortho intramolecular Hbond substituents is 1. The van der Waals surface area contributed by atoms with Gasteiger partial charge in [0.05, 0.1) is 11.4 Å². The fraction of sp³-hybridized carbons (Fsp3) is 0.267. The van der Waals surface area contributed by atoms with Gasteiger partial charge in [-0.2, -0.15) is 5.10 Å². The summed E-state index contributed by atoms with van der Waals surface area (Å²) >= 11 is 0. The quantitative estimate of drug-likeness (QED) is 0.553. The molecule has 25 heavy (non-hydrogen) atoms. The Morgan fingerprint density at radius 3 is 2.48 bits per heavy atom. The van der Waals surface area contributed by atoms with Crippen LogP contribution in [0.4, 0.5) is 0 Å². The van der Waals surface area contributed by atoms with Crippen LogP contribution in [-0.2, 0) is 14.6 Å². The maximum Gasteiger partial charge on any atom is 0.326 e. The van der Waals surface area contributed by atoms with E-state index in [9.17, 15) is 23.1 Å². The Kier molecular flexibility index (Phi) is 5.42. The van der Waals surface area contributed by atoms with Crippen molar-refractivity contribution in [3.05, 3.63) is 36.0 Å². The van der Waals surface area contributed by atoms with Crippen LogP contribution < -0.4 is 5.32 Å². The van der Waals surface area contributed by atoms with Gasteiger partial charge in [0.25, 0.3) is 5.91 Å². The van der Waals surface area contributed by atoms with E-state index in [1.54, 1.807) is 12.1 Å². The molecule has 2 aromatic rings. The summed E-state index contributed by atoms with van der Waals surface area (Å²) in [5.41, 5.74) is 1.13. The number of nitrogens with one attached hydrogen (secondary N) is 2. The van der Waals surface area contributed by atoms with E-state index in [1.807, 2.05) is 0 Å². The van der Waals surface area contributed by atoms with Crippen molar-refractivity contribution in [1.29, 1.82) is 0 Å². The molecule has 1 aromatic heterocycles. The molecule has 1 atom stereocenters. The van der Waals surface area contributed by atoms with Gasteiger partial charge < -0.3 is 15.5 Å². The zero-order valence-electron chi connectivity index (χ0n) is 13.3. The van der Waals surface area contributed by atoms with Crippen LogP contribution in [0, 0.1) is 0 Å². The summed E-state index contributed by atoms with van der Waals surface area (Å²) in [6.45, 7) is 0. The van der Waals surface area contributed by atoms with Crippen LogP contribution in [0.5, 0.6) is 5.75 Å². The minimum Gasteiger partial charge on any atom is -0.508 e. The Morgan fingerprint density at radius 2 is 1.92 bits per heavy atom. The first-order chi connectivity index (χ1) is 11.7. The number of nitrogens with zero attached hydrogens (tertiary/aromatic N) is 1. The number of sulfone groups is 1. The average molecular weight is 367 g/mol. The molecule has 1 heterocycles. The second kappa shape index (κ2) is 7.34. The number of aromatic amines is 1. The maximum absolute atomic E-state index is 12.1. The summed E-state index contributed by atoms with van der Waals surface area (Å²) < 4.78 is 22.3. The fourth-order valence-electron chi connectivity index (χ4n) is 2.04. The summed E-state index contributed by atoms with van der Waals surface area (Å²) in [6.07, 6.45) is 0.755. The number of carbonyl (C=O) groups excluding carboxylic acids is 1. The first-order valence-corrected chi connectivity index (χ1v) is 9.28. The van der Waals surface area contributed by atoms with E-state index in [4.69, 9.17) is 5.11 Å². The van der Waals surface area contributed by atoms with Crippen LogP contribution in [0.2, 0.25) is 0 Å². The van der Waals surface area contributed by atoms with Gasteiger partial charge in [-0.25, -0.2) is 13.2 Å². The van der Waals surface area contributed by atoms with Crippen LogP contribution in [0.3, 0.4) is 0 Å². The number of phenols is 1. The zero-order valence-corrected chi connectivity index (χ0v) is 14.1. The molecule has 0 aliphatic heterocycles. The minimum atomic E-state index is -3.34. The molecule has 0 aliphatic rings. The predicted molar refractivity (Wildman–Crippen MR) is 88.9 cm³/mol. The second-order valence-corrected chi connectivity index (χ2v) is 7.76. The molecule has 9 nitrogen and oxygen atoms in total. The van der Waals surface area contributed by atoms with Crippen LogP contribution in [-0.4, -0.2) is 58.8 Å². The molecule has 0 saturated carbocycles. The third-order valence-electron chi connectivity index (χ3n) is 3.37. The van der Waals surface area contributed by atoms with Crippen LogP contribution in [0.25, 0.3) is 11.3 Å². The molecule has 1 unspecified atom stereocenters. The SMILES string of the molecule is CS(=O)(=O)CCC(NC(=O)c1cc(-c2ccc(O)cc2)n[nH]1)C(=O)O. The largest absolute Gasteiger partial charge is 0.508 e. The Hall–Kier alpha value is -2.88. The lowest BCUT2D eigenvalue weighted by molar-refractivity contribution is -0.139. The highest BCUT2D eigenvalue weighted by Crippen LogP contribution is 2.20. The van der Waals surface area contributed by atoms with E-state index in [-0.39, 0.29) is 23.6 Å². The van der Waals surface area contributed by atoms with Crippen molar-refractivity contribution in [1.82, 2.24) is 15.5 Å². The molecular formula is C15H17N3O6S. The Bertz CT molecular complexity index is 873. The van der Waals surface area contributed by atoms with Crippen molar-refractivity contribution in [3.8, 4) is 17.0 Å². The molecule has 1 amide bonds. The lowest BCUT2D eigenvalue weighted by atomic mass is 10.1. The molecule has 1 aromatic carbocycles. The maximum atomic E-state index is 12.1. The molecule has 10 heteroatoms. The molecule has 2 rings (SSSR count). The number of aromatic hydroxyl groups is 1. The number of aromatic nitrogens is 2. The molecule has 0 spiro atoms. The lowest BCUT2D eigenvalue weighted by Crippen LogP contribution is -2.42. The number of carbonyl (C=O) groups is 2. The van der Waals surface area contributed by atoms with Crippen LogP contribution in [0.1, 0.15) is 16.9 Å². The van der Waals surface area contributed by atoms with Gasteiger partial charge in [0, 0.05) is 11.8 Å². The molecule has 134 valence electrons. The average Bonchev–Trinajstić information content (AvgIpc) is 3.00. The Balaban J connectivity index is 2.09. The van der Waals surface area contributed by atoms with Crippen molar-refractivity contribution < 1.29 is 28.2 Å². The lowest BCUT2D eigenvalue weighted by Gasteiger charge is -2.13. The number of hydrogen-bond donors (Lipinski definition) is 4. The van der Waals surface area contributed by atoms with E-state index in [2.05, 4.69) is 15.5 Å².